The summed E-state index contributed by atoms with van der Waals surface area (Å²) in [6.45, 7) is 2.50. The number of hydrogen-bond donors (Lipinski definition) is 1. The largest absolute Gasteiger partial charge is 0.353 e. The summed E-state index contributed by atoms with van der Waals surface area (Å²) in [7, 11) is 3.69. The summed E-state index contributed by atoms with van der Waals surface area (Å²) in [5.74, 6) is 6.77. The normalized spacial score (nSPS) is 9.25. The summed E-state index contributed by atoms with van der Waals surface area (Å²) in [6.07, 6.45) is 0.747. The van der Waals surface area contributed by atoms with Gasteiger partial charge in [0.2, 0.25) is 17.2 Å². The Hall–Kier alpha value is -1.54. The molecule has 0 unspecified atom stereocenters. The van der Waals surface area contributed by atoms with Gasteiger partial charge in [-0.1, -0.05) is 0 Å². The SMILES string of the molecule is CC#CCCNc1nc(Cl)nc(N(C)C)n1. The first-order valence-electron chi connectivity index (χ1n) is 4.86. The predicted octanol–water partition coefficient (Wildman–Crippen LogP) is 1.42. The highest BCUT2D eigenvalue weighted by molar-refractivity contribution is 6.28. The van der Waals surface area contributed by atoms with E-state index in [2.05, 4.69) is 32.1 Å². The Balaban J connectivity index is 2.67. The zero-order valence-electron chi connectivity index (χ0n) is 9.58. The molecule has 86 valence electrons. The fourth-order valence-corrected chi connectivity index (χ4v) is 1.14. The maximum Gasteiger partial charge on any atom is 0.230 e. The first kappa shape index (κ1) is 12.5. The second kappa shape index (κ2) is 6.13. The summed E-state index contributed by atoms with van der Waals surface area (Å²) in [5.41, 5.74) is 0. The van der Waals surface area contributed by atoms with Crippen LogP contribution in [0, 0.1) is 11.8 Å². The molecule has 0 aliphatic carbocycles. The Morgan fingerprint density at radius 2 is 2.06 bits per heavy atom. The van der Waals surface area contributed by atoms with Gasteiger partial charge < -0.3 is 10.2 Å². The van der Waals surface area contributed by atoms with E-state index in [1.54, 1.807) is 4.90 Å². The summed E-state index contributed by atoms with van der Waals surface area (Å²) in [5, 5.41) is 3.22. The van der Waals surface area contributed by atoms with Crippen LogP contribution in [0.25, 0.3) is 0 Å². The first-order valence-corrected chi connectivity index (χ1v) is 5.23. The van der Waals surface area contributed by atoms with E-state index in [-0.39, 0.29) is 5.28 Å². The van der Waals surface area contributed by atoms with Gasteiger partial charge in [0.15, 0.2) is 0 Å². The molecule has 0 atom stereocenters. The third-order valence-corrected chi connectivity index (χ3v) is 1.88. The molecule has 0 aliphatic heterocycles. The van der Waals surface area contributed by atoms with Crippen molar-refractivity contribution in [3.63, 3.8) is 0 Å². The van der Waals surface area contributed by atoms with Gasteiger partial charge in [-0.25, -0.2) is 0 Å². The van der Waals surface area contributed by atoms with E-state index >= 15 is 0 Å². The van der Waals surface area contributed by atoms with Gasteiger partial charge in [-0.05, 0) is 18.5 Å². The molecule has 1 N–H and O–H groups in total. The van der Waals surface area contributed by atoms with E-state index in [1.165, 1.54) is 0 Å². The number of aromatic nitrogens is 3. The third kappa shape index (κ3) is 3.91. The van der Waals surface area contributed by atoms with Gasteiger partial charge in [0.1, 0.15) is 0 Å². The highest BCUT2D eigenvalue weighted by Gasteiger charge is 2.05. The topological polar surface area (TPSA) is 53.9 Å². The fraction of sp³-hybridized carbons (Fsp3) is 0.500. The molecule has 0 amide bonds. The Bertz CT molecular complexity index is 407. The van der Waals surface area contributed by atoms with Crippen LogP contribution in [0.1, 0.15) is 13.3 Å². The molecule has 0 bridgehead atoms. The van der Waals surface area contributed by atoms with Crippen molar-refractivity contribution in [3.05, 3.63) is 5.28 Å². The summed E-state index contributed by atoms with van der Waals surface area (Å²) in [6, 6.07) is 0. The summed E-state index contributed by atoms with van der Waals surface area (Å²) >= 11 is 5.78. The monoisotopic (exact) mass is 239 g/mol. The maximum atomic E-state index is 5.78. The predicted molar refractivity (Wildman–Crippen MR) is 65.7 cm³/mol. The van der Waals surface area contributed by atoms with E-state index < -0.39 is 0 Å². The van der Waals surface area contributed by atoms with Crippen LogP contribution in [0.15, 0.2) is 0 Å². The zero-order valence-corrected chi connectivity index (χ0v) is 10.3. The second-order valence-corrected chi connectivity index (χ2v) is 3.56. The Morgan fingerprint density at radius 1 is 1.31 bits per heavy atom. The molecule has 1 heterocycles. The molecule has 0 aromatic carbocycles. The highest BCUT2D eigenvalue weighted by Crippen LogP contribution is 2.11. The van der Waals surface area contributed by atoms with Crippen LogP contribution in [0.5, 0.6) is 0 Å². The van der Waals surface area contributed by atoms with Crippen LogP contribution in [0.3, 0.4) is 0 Å². The van der Waals surface area contributed by atoms with Crippen molar-refractivity contribution in [3.8, 4) is 11.8 Å². The van der Waals surface area contributed by atoms with E-state index in [0.717, 1.165) is 6.42 Å². The van der Waals surface area contributed by atoms with Crippen molar-refractivity contribution < 1.29 is 0 Å². The third-order valence-electron chi connectivity index (χ3n) is 1.71. The van der Waals surface area contributed by atoms with Gasteiger partial charge in [-0.2, -0.15) is 15.0 Å². The van der Waals surface area contributed by atoms with E-state index in [0.29, 0.717) is 18.4 Å². The number of rotatable bonds is 4. The standard InChI is InChI=1S/C10H14ClN5/c1-4-5-6-7-12-9-13-8(11)14-10(15-9)16(2)3/h6-7H2,1-3H3,(H,12,13,14,15). The second-order valence-electron chi connectivity index (χ2n) is 3.23. The Kier molecular flexibility index (Phi) is 4.80. The van der Waals surface area contributed by atoms with Crippen molar-refractivity contribution in [1.82, 2.24) is 15.0 Å². The van der Waals surface area contributed by atoms with Crippen LogP contribution < -0.4 is 10.2 Å². The van der Waals surface area contributed by atoms with Crippen LogP contribution >= 0.6 is 11.6 Å². The quantitative estimate of drug-likeness (QED) is 0.636. The molecule has 1 rings (SSSR count). The lowest BCUT2D eigenvalue weighted by Crippen LogP contribution is -2.15. The molecular weight excluding hydrogens is 226 g/mol. The van der Waals surface area contributed by atoms with E-state index in [9.17, 15) is 0 Å². The molecule has 16 heavy (non-hydrogen) atoms. The Morgan fingerprint density at radius 3 is 2.69 bits per heavy atom. The fourth-order valence-electron chi connectivity index (χ4n) is 0.980. The number of nitrogens with zero attached hydrogens (tertiary/aromatic N) is 4. The molecule has 5 nitrogen and oxygen atoms in total. The van der Waals surface area contributed by atoms with Crippen LogP contribution in [-0.4, -0.2) is 35.6 Å². The average molecular weight is 240 g/mol. The van der Waals surface area contributed by atoms with Crippen LogP contribution in [-0.2, 0) is 0 Å². The zero-order chi connectivity index (χ0) is 12.0. The van der Waals surface area contributed by atoms with Crippen LogP contribution in [0.2, 0.25) is 5.28 Å². The van der Waals surface area contributed by atoms with Gasteiger partial charge in [-0.15, -0.1) is 11.8 Å². The molecule has 1 aromatic rings. The number of nitrogens with one attached hydrogen (secondary N) is 1. The van der Waals surface area contributed by atoms with E-state index in [4.69, 9.17) is 11.6 Å². The molecule has 0 spiro atoms. The Labute approximate surface area is 100 Å². The molecule has 6 heteroatoms. The lowest BCUT2D eigenvalue weighted by molar-refractivity contribution is 0.940. The van der Waals surface area contributed by atoms with Crippen LogP contribution in [0.4, 0.5) is 11.9 Å². The molecule has 0 saturated heterocycles. The lowest BCUT2D eigenvalue weighted by Gasteiger charge is -2.11. The van der Waals surface area contributed by atoms with Gasteiger partial charge >= 0.3 is 0 Å². The molecule has 0 saturated carbocycles. The molecule has 0 fully saturated rings. The van der Waals surface area contributed by atoms with Gasteiger partial charge in [-0.3, -0.25) is 0 Å². The minimum absolute atomic E-state index is 0.183. The molecule has 1 aromatic heterocycles. The summed E-state index contributed by atoms with van der Waals surface area (Å²) in [4.78, 5) is 13.9. The number of halogens is 1. The van der Waals surface area contributed by atoms with Crippen molar-refractivity contribution in [1.29, 1.82) is 0 Å². The molecule has 0 radical (unpaired) electrons. The minimum Gasteiger partial charge on any atom is -0.353 e. The highest BCUT2D eigenvalue weighted by atomic mass is 35.5. The van der Waals surface area contributed by atoms with Crippen molar-refractivity contribution in [2.45, 2.75) is 13.3 Å². The maximum absolute atomic E-state index is 5.78. The molecule has 0 aliphatic rings. The minimum atomic E-state index is 0.183. The van der Waals surface area contributed by atoms with Gasteiger partial charge in [0, 0.05) is 27.1 Å². The van der Waals surface area contributed by atoms with Gasteiger partial charge in [0.25, 0.3) is 0 Å². The van der Waals surface area contributed by atoms with Crippen molar-refractivity contribution in [2.75, 3.05) is 30.9 Å². The number of anilines is 2. The molecular formula is C10H14ClN5. The number of hydrogen-bond acceptors (Lipinski definition) is 5. The first-order chi connectivity index (χ1) is 7.63. The van der Waals surface area contributed by atoms with E-state index in [1.807, 2.05) is 21.0 Å². The summed E-state index contributed by atoms with van der Waals surface area (Å²) < 4.78 is 0. The average Bonchev–Trinajstić information content (AvgIpc) is 2.23. The lowest BCUT2D eigenvalue weighted by atomic mass is 10.4. The smallest absolute Gasteiger partial charge is 0.230 e. The van der Waals surface area contributed by atoms with Crippen molar-refractivity contribution >= 4 is 23.5 Å². The van der Waals surface area contributed by atoms with Gasteiger partial charge in [0.05, 0.1) is 0 Å². The van der Waals surface area contributed by atoms with Crippen molar-refractivity contribution in [2.24, 2.45) is 0 Å².